The molecule has 0 rings (SSSR count). The maximum atomic E-state index is 10.9. The molecule has 0 aromatic rings. The van der Waals surface area contributed by atoms with E-state index in [2.05, 4.69) is 0 Å². The van der Waals surface area contributed by atoms with E-state index in [1.807, 2.05) is 6.92 Å². The van der Waals surface area contributed by atoms with E-state index in [1.165, 1.54) is 0 Å². The molecule has 0 unspecified atom stereocenters. The van der Waals surface area contributed by atoms with Gasteiger partial charge in [-0.1, -0.05) is 13.3 Å². The van der Waals surface area contributed by atoms with Gasteiger partial charge in [-0.25, -0.2) is 4.79 Å². The Bertz CT molecular complexity index is 156. The lowest BCUT2D eigenvalue weighted by molar-refractivity contribution is 0.0545. The van der Waals surface area contributed by atoms with E-state index in [9.17, 15) is 4.79 Å². The van der Waals surface area contributed by atoms with Crippen LogP contribution in [0.5, 0.6) is 0 Å². The summed E-state index contributed by atoms with van der Waals surface area (Å²) in [6, 6.07) is 0.755. The second-order valence-corrected chi connectivity index (χ2v) is 8.02. The van der Waals surface area contributed by atoms with Crippen LogP contribution in [0.15, 0.2) is 0 Å². The van der Waals surface area contributed by atoms with Gasteiger partial charge in [0.1, 0.15) is 0 Å². The third kappa shape index (κ3) is 10.1. The highest BCUT2D eigenvalue weighted by Gasteiger charge is 2.05. The van der Waals surface area contributed by atoms with Crippen molar-refractivity contribution in [3.05, 3.63) is 0 Å². The van der Waals surface area contributed by atoms with E-state index < -0.39 is 13.6 Å². The van der Waals surface area contributed by atoms with Crippen LogP contribution in [-0.2, 0) is 9.47 Å². The molecule has 0 aromatic carbocycles. The molecule has 0 aliphatic carbocycles. The van der Waals surface area contributed by atoms with Gasteiger partial charge in [-0.05, 0) is 18.9 Å². The Morgan fingerprint density at radius 3 is 2.29 bits per heavy atom. The number of hydrogen-bond acceptors (Lipinski definition) is 3. The minimum Gasteiger partial charge on any atom is -0.434 e. The first kappa shape index (κ1) is 14.1. The molecule has 0 aliphatic heterocycles. The van der Waals surface area contributed by atoms with Crippen LogP contribution < -0.4 is 0 Å². The van der Waals surface area contributed by atoms with Crippen LogP contribution in [0.4, 0.5) is 4.79 Å². The maximum Gasteiger partial charge on any atom is 0.508 e. The average molecular weight is 259 g/mol. The van der Waals surface area contributed by atoms with Gasteiger partial charge in [0.2, 0.25) is 7.42 Å². The molecule has 0 saturated carbocycles. The molecule has 0 amide bonds. The molecule has 0 heterocycles. The van der Waals surface area contributed by atoms with Gasteiger partial charge >= 0.3 is 6.16 Å². The first-order chi connectivity index (χ1) is 6.66. The molecule has 84 valence electrons. The monoisotopic (exact) mass is 258 g/mol. The number of ether oxygens (including phenoxy) is 2. The normalized spacial score (nSPS) is 10.3. The van der Waals surface area contributed by atoms with Gasteiger partial charge in [0, 0.05) is 0 Å². The number of rotatable bonds is 7. The number of carbonyl (C=O) groups is 1. The van der Waals surface area contributed by atoms with Crippen LogP contribution in [0.3, 0.4) is 0 Å². The molecular formula is C8H16Cl2O3Si. The molecule has 6 heteroatoms. The molecule has 0 spiro atoms. The summed E-state index contributed by atoms with van der Waals surface area (Å²) in [6.07, 6.45) is 1.99. The highest BCUT2D eigenvalue weighted by Crippen LogP contribution is 2.06. The molecule has 3 nitrogen and oxygen atoms in total. The highest BCUT2D eigenvalue weighted by molar-refractivity contribution is 7.33. The SMILES string of the molecule is CCCCOC(=O)OCCC[SiH](Cl)Cl. The van der Waals surface area contributed by atoms with Gasteiger partial charge in [0.15, 0.2) is 0 Å². The molecule has 14 heavy (non-hydrogen) atoms. The number of carbonyl (C=O) groups excluding carboxylic acids is 1. The maximum absolute atomic E-state index is 10.9. The summed E-state index contributed by atoms with van der Waals surface area (Å²) in [5.74, 6) is 0. The fraction of sp³-hybridized carbons (Fsp3) is 0.875. The molecule has 0 N–H and O–H groups in total. The molecular weight excluding hydrogens is 243 g/mol. The van der Waals surface area contributed by atoms with Crippen LogP contribution >= 0.6 is 22.2 Å². The second kappa shape index (κ2) is 9.62. The van der Waals surface area contributed by atoms with Crippen molar-refractivity contribution < 1.29 is 14.3 Å². The van der Waals surface area contributed by atoms with Crippen LogP contribution in [0.25, 0.3) is 0 Å². The third-order valence-corrected chi connectivity index (χ3v) is 3.66. The summed E-state index contributed by atoms with van der Waals surface area (Å²) in [4.78, 5) is 10.9. The summed E-state index contributed by atoms with van der Waals surface area (Å²) < 4.78 is 9.56. The number of unbranched alkanes of at least 4 members (excludes halogenated alkanes) is 1. The lowest BCUT2D eigenvalue weighted by Crippen LogP contribution is -2.10. The van der Waals surface area contributed by atoms with Crippen LogP contribution in [0, 0.1) is 0 Å². The molecule has 0 radical (unpaired) electrons. The van der Waals surface area contributed by atoms with Crippen LogP contribution in [0.1, 0.15) is 26.2 Å². The molecule has 0 fully saturated rings. The molecule has 0 aliphatic rings. The van der Waals surface area contributed by atoms with Gasteiger partial charge in [-0.3, -0.25) is 0 Å². The standard InChI is InChI=1S/C8H16Cl2O3Si/c1-2-3-5-12-8(11)13-6-4-7-14(9)10/h14H,2-7H2,1H3. The Labute approximate surface area is 95.7 Å². The summed E-state index contributed by atoms with van der Waals surface area (Å²) in [7, 11) is -1.55. The Morgan fingerprint density at radius 2 is 1.79 bits per heavy atom. The van der Waals surface area contributed by atoms with Gasteiger partial charge in [0.25, 0.3) is 0 Å². The van der Waals surface area contributed by atoms with E-state index in [0.29, 0.717) is 19.6 Å². The van der Waals surface area contributed by atoms with Crippen molar-refractivity contribution in [1.82, 2.24) is 0 Å². The summed E-state index contributed by atoms with van der Waals surface area (Å²) in [5.41, 5.74) is 0. The Kier molecular flexibility index (Phi) is 9.66. The van der Waals surface area contributed by atoms with Crippen LogP contribution in [-0.4, -0.2) is 26.8 Å². The van der Waals surface area contributed by atoms with E-state index >= 15 is 0 Å². The Balaban J connectivity index is 3.18. The van der Waals surface area contributed by atoms with E-state index in [0.717, 1.165) is 18.9 Å². The van der Waals surface area contributed by atoms with Gasteiger partial charge in [-0.2, -0.15) is 22.2 Å². The van der Waals surface area contributed by atoms with E-state index in [-0.39, 0.29) is 0 Å². The average Bonchev–Trinajstić information content (AvgIpc) is 2.13. The highest BCUT2D eigenvalue weighted by atomic mass is 35.7. The lowest BCUT2D eigenvalue weighted by Gasteiger charge is -2.05. The summed E-state index contributed by atoms with van der Waals surface area (Å²) >= 11 is 11.3. The second-order valence-electron chi connectivity index (χ2n) is 2.83. The quantitative estimate of drug-likeness (QED) is 0.305. The fourth-order valence-electron chi connectivity index (χ4n) is 0.735. The van der Waals surface area contributed by atoms with Gasteiger partial charge < -0.3 is 9.47 Å². The van der Waals surface area contributed by atoms with Gasteiger partial charge in [-0.15, -0.1) is 0 Å². The predicted octanol–water partition coefficient (Wildman–Crippen LogP) is 3.03. The zero-order valence-electron chi connectivity index (χ0n) is 8.30. The minimum atomic E-state index is -1.55. The lowest BCUT2D eigenvalue weighted by atomic mass is 10.4. The number of halogens is 2. The topological polar surface area (TPSA) is 35.5 Å². The molecule has 0 atom stereocenters. The molecule has 0 bridgehead atoms. The van der Waals surface area contributed by atoms with Crippen molar-refractivity contribution in [3.8, 4) is 0 Å². The first-order valence-corrected chi connectivity index (χ1v) is 9.05. The van der Waals surface area contributed by atoms with E-state index in [1.54, 1.807) is 0 Å². The largest absolute Gasteiger partial charge is 0.508 e. The number of hydrogen-bond donors (Lipinski definition) is 0. The van der Waals surface area contributed by atoms with Crippen molar-refractivity contribution in [2.45, 2.75) is 32.2 Å². The van der Waals surface area contributed by atoms with Crippen molar-refractivity contribution >= 4 is 35.7 Å². The van der Waals surface area contributed by atoms with Gasteiger partial charge in [0.05, 0.1) is 13.2 Å². The summed E-state index contributed by atoms with van der Waals surface area (Å²) in [5, 5.41) is 0. The minimum absolute atomic E-state index is 0.341. The fourth-order valence-corrected chi connectivity index (χ4v) is 2.14. The Hall–Kier alpha value is 0.0669. The van der Waals surface area contributed by atoms with Crippen molar-refractivity contribution in [2.24, 2.45) is 0 Å². The van der Waals surface area contributed by atoms with Crippen molar-refractivity contribution in [2.75, 3.05) is 13.2 Å². The predicted molar refractivity (Wildman–Crippen MR) is 60.5 cm³/mol. The smallest absolute Gasteiger partial charge is 0.434 e. The summed E-state index contributed by atoms with van der Waals surface area (Å²) in [6.45, 7) is 2.80. The first-order valence-electron chi connectivity index (χ1n) is 4.74. The zero-order valence-corrected chi connectivity index (χ0v) is 11.0. The van der Waals surface area contributed by atoms with Crippen LogP contribution in [0.2, 0.25) is 6.04 Å². The third-order valence-electron chi connectivity index (χ3n) is 1.50. The Morgan fingerprint density at radius 1 is 1.21 bits per heavy atom. The zero-order chi connectivity index (χ0) is 10.8. The molecule has 0 saturated heterocycles. The molecule has 0 aromatic heterocycles. The van der Waals surface area contributed by atoms with E-state index in [4.69, 9.17) is 31.6 Å². The van der Waals surface area contributed by atoms with Crippen molar-refractivity contribution in [3.63, 3.8) is 0 Å². The van der Waals surface area contributed by atoms with Crippen molar-refractivity contribution in [1.29, 1.82) is 0 Å².